The fourth-order valence-corrected chi connectivity index (χ4v) is 3.35. The van der Waals surface area contributed by atoms with Crippen LogP contribution in [-0.4, -0.2) is 39.9 Å². The standard InChI is InChI=1S/C18H24N4O2/c1-3-22(18(24)13-8-9-19-12(2)10-13)11-16-20-15-7-5-4-6-14(15)17(23)21-16/h4-7,12-13,19H,3,8-11H2,1-2H3,(H,20,21,23)/t12-,13-/m0/s1. The van der Waals surface area contributed by atoms with Crippen molar-refractivity contribution in [2.24, 2.45) is 5.92 Å². The number of nitrogens with one attached hydrogen (secondary N) is 2. The van der Waals surface area contributed by atoms with E-state index in [1.807, 2.05) is 25.1 Å². The molecule has 0 bridgehead atoms. The van der Waals surface area contributed by atoms with Crippen molar-refractivity contribution >= 4 is 16.8 Å². The number of piperidine rings is 1. The minimum Gasteiger partial charge on any atom is -0.335 e. The van der Waals surface area contributed by atoms with Gasteiger partial charge in [-0.2, -0.15) is 0 Å². The lowest BCUT2D eigenvalue weighted by Crippen LogP contribution is -2.44. The Bertz CT molecular complexity index is 786. The number of carbonyl (C=O) groups excluding carboxylic acids is 1. The quantitative estimate of drug-likeness (QED) is 0.895. The first-order valence-electron chi connectivity index (χ1n) is 8.58. The molecule has 3 rings (SSSR count). The van der Waals surface area contributed by atoms with Gasteiger partial charge in [0.15, 0.2) is 0 Å². The molecule has 6 heteroatoms. The van der Waals surface area contributed by atoms with E-state index in [1.165, 1.54) is 0 Å². The number of hydrogen-bond acceptors (Lipinski definition) is 4. The molecular formula is C18H24N4O2. The summed E-state index contributed by atoms with van der Waals surface area (Å²) in [5.74, 6) is 0.742. The smallest absolute Gasteiger partial charge is 0.258 e. The summed E-state index contributed by atoms with van der Waals surface area (Å²) in [6.45, 7) is 5.89. The molecule has 1 aliphatic rings. The fraction of sp³-hybridized carbons (Fsp3) is 0.500. The second-order valence-corrected chi connectivity index (χ2v) is 6.46. The minimum atomic E-state index is -0.158. The highest BCUT2D eigenvalue weighted by Crippen LogP contribution is 2.19. The Balaban J connectivity index is 1.80. The summed E-state index contributed by atoms with van der Waals surface area (Å²) in [4.78, 5) is 34.1. The first-order chi connectivity index (χ1) is 11.6. The number of carbonyl (C=O) groups is 1. The van der Waals surface area contributed by atoms with Crippen LogP contribution in [0.3, 0.4) is 0 Å². The molecule has 2 aromatic rings. The van der Waals surface area contributed by atoms with E-state index in [0.29, 0.717) is 35.9 Å². The van der Waals surface area contributed by atoms with Gasteiger partial charge in [-0.1, -0.05) is 12.1 Å². The number of hydrogen-bond donors (Lipinski definition) is 2. The Hall–Kier alpha value is -2.21. The number of benzene rings is 1. The lowest BCUT2D eigenvalue weighted by Gasteiger charge is -2.31. The molecule has 1 fully saturated rings. The summed E-state index contributed by atoms with van der Waals surface area (Å²) in [7, 11) is 0. The van der Waals surface area contributed by atoms with Crippen LogP contribution in [-0.2, 0) is 11.3 Å². The van der Waals surface area contributed by atoms with Crippen molar-refractivity contribution in [2.45, 2.75) is 39.3 Å². The van der Waals surface area contributed by atoms with Crippen molar-refractivity contribution in [3.8, 4) is 0 Å². The molecule has 0 unspecified atom stereocenters. The van der Waals surface area contributed by atoms with Gasteiger partial charge in [-0.05, 0) is 45.4 Å². The summed E-state index contributed by atoms with van der Waals surface area (Å²) in [6.07, 6.45) is 1.72. The third-order valence-electron chi connectivity index (χ3n) is 4.67. The molecular weight excluding hydrogens is 304 g/mol. The molecule has 1 aromatic heterocycles. The van der Waals surface area contributed by atoms with Gasteiger partial charge in [-0.25, -0.2) is 4.98 Å². The zero-order chi connectivity index (χ0) is 17.1. The number of rotatable bonds is 4. The number of nitrogens with zero attached hydrogens (tertiary/aromatic N) is 2. The molecule has 1 aromatic carbocycles. The molecule has 24 heavy (non-hydrogen) atoms. The molecule has 6 nitrogen and oxygen atoms in total. The van der Waals surface area contributed by atoms with Crippen LogP contribution in [0.25, 0.3) is 10.9 Å². The van der Waals surface area contributed by atoms with Gasteiger partial charge in [-0.15, -0.1) is 0 Å². The Kier molecular flexibility index (Phi) is 4.94. The van der Waals surface area contributed by atoms with Gasteiger partial charge in [0.1, 0.15) is 5.82 Å². The minimum absolute atomic E-state index is 0.0494. The van der Waals surface area contributed by atoms with E-state index in [2.05, 4.69) is 22.2 Å². The van der Waals surface area contributed by atoms with Gasteiger partial charge in [-0.3, -0.25) is 9.59 Å². The molecule has 2 N–H and O–H groups in total. The van der Waals surface area contributed by atoms with E-state index in [-0.39, 0.29) is 17.4 Å². The van der Waals surface area contributed by atoms with Crippen LogP contribution in [0.4, 0.5) is 0 Å². The third-order valence-corrected chi connectivity index (χ3v) is 4.67. The van der Waals surface area contributed by atoms with E-state index >= 15 is 0 Å². The van der Waals surface area contributed by atoms with Gasteiger partial charge in [0.2, 0.25) is 5.91 Å². The van der Waals surface area contributed by atoms with Crippen LogP contribution >= 0.6 is 0 Å². The van der Waals surface area contributed by atoms with Crippen LogP contribution < -0.4 is 10.9 Å². The molecule has 1 amide bonds. The topological polar surface area (TPSA) is 78.1 Å². The van der Waals surface area contributed by atoms with E-state index < -0.39 is 0 Å². The maximum Gasteiger partial charge on any atom is 0.258 e. The van der Waals surface area contributed by atoms with Gasteiger partial charge < -0.3 is 15.2 Å². The predicted octanol–water partition coefficient (Wildman–Crippen LogP) is 1.66. The van der Waals surface area contributed by atoms with Crippen molar-refractivity contribution < 1.29 is 4.79 Å². The molecule has 128 valence electrons. The number of amides is 1. The summed E-state index contributed by atoms with van der Waals surface area (Å²) >= 11 is 0. The number of para-hydroxylation sites is 1. The molecule has 0 saturated carbocycles. The van der Waals surface area contributed by atoms with Crippen molar-refractivity contribution in [3.63, 3.8) is 0 Å². The van der Waals surface area contributed by atoms with E-state index in [4.69, 9.17) is 0 Å². The van der Waals surface area contributed by atoms with E-state index in [1.54, 1.807) is 11.0 Å². The largest absolute Gasteiger partial charge is 0.335 e. The van der Waals surface area contributed by atoms with Crippen LogP contribution in [0, 0.1) is 5.92 Å². The summed E-state index contributed by atoms with van der Waals surface area (Å²) in [5.41, 5.74) is 0.504. The zero-order valence-corrected chi connectivity index (χ0v) is 14.2. The number of H-pyrrole nitrogens is 1. The number of aromatic nitrogens is 2. The molecule has 1 aliphatic heterocycles. The van der Waals surface area contributed by atoms with Crippen LogP contribution in [0.5, 0.6) is 0 Å². The number of fused-ring (bicyclic) bond motifs is 1. The molecule has 1 saturated heterocycles. The van der Waals surface area contributed by atoms with Crippen molar-refractivity contribution in [2.75, 3.05) is 13.1 Å². The Morgan fingerprint density at radius 1 is 1.38 bits per heavy atom. The lowest BCUT2D eigenvalue weighted by molar-refractivity contribution is -0.137. The molecule has 0 aliphatic carbocycles. The summed E-state index contributed by atoms with van der Waals surface area (Å²) < 4.78 is 0. The van der Waals surface area contributed by atoms with E-state index in [0.717, 1.165) is 19.4 Å². The summed E-state index contributed by atoms with van der Waals surface area (Å²) in [6, 6.07) is 7.62. The van der Waals surface area contributed by atoms with Gasteiger partial charge in [0.25, 0.3) is 5.56 Å². The highest BCUT2D eigenvalue weighted by Gasteiger charge is 2.28. The average Bonchev–Trinajstić information content (AvgIpc) is 2.59. The highest BCUT2D eigenvalue weighted by molar-refractivity contribution is 5.79. The molecule has 2 heterocycles. The number of aromatic amines is 1. The Morgan fingerprint density at radius 3 is 2.92 bits per heavy atom. The van der Waals surface area contributed by atoms with E-state index in [9.17, 15) is 9.59 Å². The average molecular weight is 328 g/mol. The van der Waals surface area contributed by atoms with Crippen LogP contribution in [0.1, 0.15) is 32.5 Å². The molecule has 0 radical (unpaired) electrons. The van der Waals surface area contributed by atoms with Crippen molar-refractivity contribution in [3.05, 3.63) is 40.4 Å². The zero-order valence-electron chi connectivity index (χ0n) is 14.2. The maximum absolute atomic E-state index is 12.8. The normalized spacial score (nSPS) is 20.9. The first kappa shape index (κ1) is 16.6. The monoisotopic (exact) mass is 328 g/mol. The predicted molar refractivity (Wildman–Crippen MR) is 93.6 cm³/mol. The molecule has 0 spiro atoms. The Labute approximate surface area is 141 Å². The molecule has 2 atom stereocenters. The fourth-order valence-electron chi connectivity index (χ4n) is 3.35. The van der Waals surface area contributed by atoms with Crippen LogP contribution in [0.15, 0.2) is 29.1 Å². The van der Waals surface area contributed by atoms with Crippen molar-refractivity contribution in [1.82, 2.24) is 20.2 Å². The highest BCUT2D eigenvalue weighted by atomic mass is 16.2. The SMILES string of the molecule is CCN(Cc1nc2ccccc2c(=O)[nH]1)C(=O)[C@H]1CCN[C@@H](C)C1. The third kappa shape index (κ3) is 3.48. The summed E-state index contributed by atoms with van der Waals surface area (Å²) in [5, 5.41) is 3.94. The van der Waals surface area contributed by atoms with Crippen molar-refractivity contribution in [1.29, 1.82) is 0 Å². The van der Waals surface area contributed by atoms with Gasteiger partial charge in [0.05, 0.1) is 17.4 Å². The maximum atomic E-state index is 12.8. The first-order valence-corrected chi connectivity index (χ1v) is 8.58. The van der Waals surface area contributed by atoms with Gasteiger partial charge in [0, 0.05) is 18.5 Å². The lowest BCUT2D eigenvalue weighted by atomic mass is 9.92. The van der Waals surface area contributed by atoms with Crippen LogP contribution in [0.2, 0.25) is 0 Å². The van der Waals surface area contributed by atoms with Gasteiger partial charge >= 0.3 is 0 Å². The Morgan fingerprint density at radius 2 is 2.17 bits per heavy atom. The second kappa shape index (κ2) is 7.13. The second-order valence-electron chi connectivity index (χ2n) is 6.46.